The summed E-state index contributed by atoms with van der Waals surface area (Å²) in [4.78, 5) is 47.8. The van der Waals surface area contributed by atoms with Gasteiger partial charge in [-0.1, -0.05) is 20.3 Å². The molecular weight excluding hydrogens is 298 g/mol. The quantitative estimate of drug-likeness (QED) is 0.475. The molecule has 0 spiro atoms. The molecule has 1 saturated heterocycles. The molecular formula is C16H27N3O4. The second-order valence-electron chi connectivity index (χ2n) is 6.20. The molecule has 0 aliphatic carbocycles. The second kappa shape index (κ2) is 9.27. The molecule has 0 bridgehead atoms. The summed E-state index contributed by atoms with van der Waals surface area (Å²) in [5.41, 5.74) is 0. The highest BCUT2D eigenvalue weighted by molar-refractivity contribution is 6.03. The van der Waals surface area contributed by atoms with Crippen LogP contribution in [0.25, 0.3) is 0 Å². The summed E-state index contributed by atoms with van der Waals surface area (Å²) >= 11 is 0. The van der Waals surface area contributed by atoms with Crippen molar-refractivity contribution in [2.24, 2.45) is 11.8 Å². The molecule has 1 aliphatic heterocycles. The minimum atomic E-state index is -0.232. The molecule has 0 radical (unpaired) electrons. The molecule has 7 nitrogen and oxygen atoms in total. The van der Waals surface area contributed by atoms with E-state index in [4.69, 9.17) is 0 Å². The fourth-order valence-corrected chi connectivity index (χ4v) is 2.55. The Morgan fingerprint density at radius 1 is 1.17 bits per heavy atom. The van der Waals surface area contributed by atoms with E-state index >= 15 is 0 Å². The van der Waals surface area contributed by atoms with Gasteiger partial charge in [-0.3, -0.25) is 24.1 Å². The SMILES string of the molecule is CNC(=O)CNC(=O)CCCCCN1C(=O)CC(C(C)C)C1=O. The van der Waals surface area contributed by atoms with Crippen molar-refractivity contribution >= 4 is 23.6 Å². The Morgan fingerprint density at radius 2 is 1.87 bits per heavy atom. The van der Waals surface area contributed by atoms with Crippen LogP contribution in [-0.4, -0.2) is 48.7 Å². The van der Waals surface area contributed by atoms with Gasteiger partial charge in [-0.25, -0.2) is 0 Å². The van der Waals surface area contributed by atoms with E-state index in [1.807, 2.05) is 13.8 Å². The van der Waals surface area contributed by atoms with Crippen LogP contribution in [0.4, 0.5) is 0 Å². The van der Waals surface area contributed by atoms with Gasteiger partial charge in [0.05, 0.1) is 6.54 Å². The van der Waals surface area contributed by atoms with Gasteiger partial charge in [-0.15, -0.1) is 0 Å². The van der Waals surface area contributed by atoms with E-state index in [2.05, 4.69) is 10.6 Å². The van der Waals surface area contributed by atoms with E-state index in [1.165, 1.54) is 11.9 Å². The smallest absolute Gasteiger partial charge is 0.239 e. The van der Waals surface area contributed by atoms with Gasteiger partial charge in [0.2, 0.25) is 23.6 Å². The van der Waals surface area contributed by atoms with Crippen molar-refractivity contribution in [3.05, 3.63) is 0 Å². The molecule has 1 heterocycles. The number of rotatable bonds is 9. The summed E-state index contributed by atoms with van der Waals surface area (Å²) in [7, 11) is 1.51. The van der Waals surface area contributed by atoms with Gasteiger partial charge < -0.3 is 10.6 Å². The summed E-state index contributed by atoms with van der Waals surface area (Å²) < 4.78 is 0. The first-order valence-electron chi connectivity index (χ1n) is 8.18. The first kappa shape index (κ1) is 19.1. The first-order valence-corrected chi connectivity index (χ1v) is 8.18. The van der Waals surface area contributed by atoms with Crippen LogP contribution in [0.5, 0.6) is 0 Å². The molecule has 0 aromatic heterocycles. The number of likely N-dealkylation sites (tertiary alicyclic amines) is 1. The zero-order valence-corrected chi connectivity index (χ0v) is 14.2. The average molecular weight is 325 g/mol. The topological polar surface area (TPSA) is 95.6 Å². The zero-order valence-electron chi connectivity index (χ0n) is 14.2. The predicted octanol–water partition coefficient (Wildman–Crippen LogP) is 0.440. The van der Waals surface area contributed by atoms with Gasteiger partial charge >= 0.3 is 0 Å². The number of carbonyl (C=O) groups excluding carboxylic acids is 4. The maximum atomic E-state index is 12.1. The molecule has 7 heteroatoms. The molecule has 1 unspecified atom stereocenters. The van der Waals surface area contributed by atoms with Crippen molar-refractivity contribution < 1.29 is 19.2 Å². The highest BCUT2D eigenvalue weighted by Crippen LogP contribution is 2.26. The normalized spacial score (nSPS) is 17.7. The molecule has 0 aromatic carbocycles. The lowest BCUT2D eigenvalue weighted by atomic mass is 9.94. The Balaban J connectivity index is 2.18. The van der Waals surface area contributed by atoms with Crippen LogP contribution in [-0.2, 0) is 19.2 Å². The largest absolute Gasteiger partial charge is 0.358 e. The monoisotopic (exact) mass is 325 g/mol. The summed E-state index contributed by atoms with van der Waals surface area (Å²) in [5.74, 6) is -0.547. The number of hydrogen-bond acceptors (Lipinski definition) is 4. The number of amides is 4. The van der Waals surface area contributed by atoms with Crippen molar-refractivity contribution in [3.63, 3.8) is 0 Å². The summed E-state index contributed by atoms with van der Waals surface area (Å²) in [5, 5.41) is 4.95. The third kappa shape index (κ3) is 6.00. The lowest BCUT2D eigenvalue weighted by molar-refractivity contribution is -0.139. The lowest BCUT2D eigenvalue weighted by Gasteiger charge is -2.16. The number of nitrogens with zero attached hydrogens (tertiary/aromatic N) is 1. The highest BCUT2D eigenvalue weighted by Gasteiger charge is 2.39. The van der Waals surface area contributed by atoms with E-state index in [9.17, 15) is 19.2 Å². The maximum absolute atomic E-state index is 12.1. The molecule has 1 fully saturated rings. The maximum Gasteiger partial charge on any atom is 0.239 e. The van der Waals surface area contributed by atoms with Crippen molar-refractivity contribution in [1.29, 1.82) is 0 Å². The van der Waals surface area contributed by atoms with Crippen LogP contribution < -0.4 is 10.6 Å². The van der Waals surface area contributed by atoms with Gasteiger partial charge in [0, 0.05) is 32.4 Å². The van der Waals surface area contributed by atoms with E-state index < -0.39 is 0 Å². The van der Waals surface area contributed by atoms with Gasteiger partial charge in [0.1, 0.15) is 0 Å². The first-order chi connectivity index (χ1) is 10.9. The number of nitrogens with one attached hydrogen (secondary N) is 2. The molecule has 1 aliphatic rings. The standard InChI is InChI=1S/C16H27N3O4/c1-11(2)12-9-15(22)19(16(12)23)8-6-4-5-7-13(20)18-10-14(21)17-3/h11-12H,4-10H2,1-3H3,(H,17,21)(H,18,20). The van der Waals surface area contributed by atoms with Gasteiger partial charge in [0.15, 0.2) is 0 Å². The van der Waals surface area contributed by atoms with Crippen LogP contribution in [0, 0.1) is 11.8 Å². The Kier molecular flexibility index (Phi) is 7.71. The summed E-state index contributed by atoms with van der Waals surface area (Å²) in [6, 6.07) is 0. The molecule has 0 saturated carbocycles. The van der Waals surface area contributed by atoms with E-state index in [1.54, 1.807) is 0 Å². The van der Waals surface area contributed by atoms with Crippen molar-refractivity contribution in [2.45, 2.75) is 46.0 Å². The second-order valence-corrected chi connectivity index (χ2v) is 6.20. The Bertz CT molecular complexity index is 462. The van der Waals surface area contributed by atoms with Crippen LogP contribution in [0.15, 0.2) is 0 Å². The van der Waals surface area contributed by atoms with Crippen molar-refractivity contribution in [3.8, 4) is 0 Å². The van der Waals surface area contributed by atoms with Gasteiger partial charge in [-0.2, -0.15) is 0 Å². The number of imide groups is 1. The fourth-order valence-electron chi connectivity index (χ4n) is 2.55. The number of unbranched alkanes of at least 4 members (excludes halogenated alkanes) is 2. The van der Waals surface area contributed by atoms with Crippen molar-refractivity contribution in [2.75, 3.05) is 20.1 Å². The van der Waals surface area contributed by atoms with E-state index in [0.717, 1.165) is 6.42 Å². The van der Waals surface area contributed by atoms with Crippen LogP contribution in [0.1, 0.15) is 46.0 Å². The van der Waals surface area contributed by atoms with Gasteiger partial charge in [-0.05, 0) is 18.8 Å². The zero-order chi connectivity index (χ0) is 17.4. The highest BCUT2D eigenvalue weighted by atomic mass is 16.2. The average Bonchev–Trinajstić information content (AvgIpc) is 2.80. The van der Waals surface area contributed by atoms with Crippen LogP contribution >= 0.6 is 0 Å². The number of likely N-dealkylation sites (N-methyl/N-ethyl adjacent to an activating group) is 1. The summed E-state index contributed by atoms with van der Waals surface area (Å²) in [6.07, 6.45) is 2.79. The van der Waals surface area contributed by atoms with E-state index in [0.29, 0.717) is 32.2 Å². The lowest BCUT2D eigenvalue weighted by Crippen LogP contribution is -2.35. The molecule has 4 amide bonds. The Labute approximate surface area is 137 Å². The van der Waals surface area contributed by atoms with E-state index in [-0.39, 0.29) is 42.0 Å². The van der Waals surface area contributed by atoms with Crippen molar-refractivity contribution in [1.82, 2.24) is 15.5 Å². The molecule has 1 rings (SSSR count). The molecule has 130 valence electrons. The molecule has 0 aromatic rings. The third-order valence-electron chi connectivity index (χ3n) is 4.09. The molecule has 2 N–H and O–H groups in total. The van der Waals surface area contributed by atoms with Crippen LogP contribution in [0.2, 0.25) is 0 Å². The van der Waals surface area contributed by atoms with Crippen LogP contribution in [0.3, 0.4) is 0 Å². The predicted molar refractivity (Wildman–Crippen MR) is 85.2 cm³/mol. The third-order valence-corrected chi connectivity index (χ3v) is 4.09. The summed E-state index contributed by atoms with van der Waals surface area (Å²) in [6.45, 7) is 4.33. The molecule has 23 heavy (non-hydrogen) atoms. The minimum absolute atomic E-state index is 0.0112. The number of carbonyl (C=O) groups is 4. The minimum Gasteiger partial charge on any atom is -0.358 e. The Morgan fingerprint density at radius 3 is 2.43 bits per heavy atom. The fraction of sp³-hybridized carbons (Fsp3) is 0.750. The Hall–Kier alpha value is -1.92. The molecule has 1 atom stereocenters. The van der Waals surface area contributed by atoms with Gasteiger partial charge in [0.25, 0.3) is 0 Å². The number of hydrogen-bond donors (Lipinski definition) is 2.